The lowest BCUT2D eigenvalue weighted by Gasteiger charge is -2.06. The molecule has 0 rings (SSSR count). The second-order valence-electron chi connectivity index (χ2n) is 3.96. The summed E-state index contributed by atoms with van der Waals surface area (Å²) in [6.07, 6.45) is 6.63. The van der Waals surface area contributed by atoms with E-state index in [-0.39, 0.29) is 5.91 Å². The first-order valence-electron chi connectivity index (χ1n) is 5.29. The third kappa shape index (κ3) is 9.01. The Morgan fingerprint density at radius 1 is 1.47 bits per heavy atom. The Balaban J connectivity index is 3.69. The monoisotopic (exact) mass is 207 g/mol. The van der Waals surface area contributed by atoms with Gasteiger partial charge in [-0.25, -0.2) is 0 Å². The van der Waals surface area contributed by atoms with Crippen LogP contribution >= 0.6 is 0 Å². The number of allylic oxidation sites excluding steroid dienone is 3. The third-order valence-electron chi connectivity index (χ3n) is 1.90. The largest absolute Gasteiger partial charge is 0.356 e. The Morgan fingerprint density at radius 3 is 2.67 bits per heavy atom. The minimum Gasteiger partial charge on any atom is -0.356 e. The van der Waals surface area contributed by atoms with Crippen molar-refractivity contribution in [2.75, 3.05) is 6.54 Å². The summed E-state index contributed by atoms with van der Waals surface area (Å²) in [7, 11) is 0. The first kappa shape index (κ1) is 13.7. The van der Waals surface area contributed by atoms with E-state index in [1.54, 1.807) is 18.2 Å². The lowest BCUT2D eigenvalue weighted by atomic mass is 10.1. The van der Waals surface area contributed by atoms with Gasteiger partial charge >= 0.3 is 0 Å². The maximum absolute atomic E-state index is 11.4. The van der Waals surface area contributed by atoms with E-state index >= 15 is 0 Å². The molecule has 0 saturated carbocycles. The van der Waals surface area contributed by atoms with Crippen molar-refractivity contribution in [3.8, 4) is 0 Å². The molecule has 0 aliphatic heterocycles. The van der Waals surface area contributed by atoms with Gasteiger partial charge in [0.2, 0.25) is 5.91 Å². The zero-order valence-corrected chi connectivity index (χ0v) is 9.75. The van der Waals surface area contributed by atoms with Gasteiger partial charge in [0.15, 0.2) is 0 Å². The zero-order valence-electron chi connectivity index (χ0n) is 9.75. The van der Waals surface area contributed by atoms with Gasteiger partial charge in [-0.2, -0.15) is 0 Å². The highest BCUT2D eigenvalue weighted by Crippen LogP contribution is 2.01. The number of hydrogen-bond acceptors (Lipinski definition) is 1. The highest BCUT2D eigenvalue weighted by molar-refractivity contribution is 5.78. The standard InChI is InChI=1S/C13H21NO/c1-5-6-7-12(4)10-13(15)14-9-8-11(2)3/h5-7,11H,1,4,8-10H2,2-3H3,(H,14,15)/b7-6-. The van der Waals surface area contributed by atoms with Crippen LogP contribution in [0.25, 0.3) is 0 Å². The van der Waals surface area contributed by atoms with Crippen molar-refractivity contribution >= 4 is 5.91 Å². The van der Waals surface area contributed by atoms with E-state index in [9.17, 15) is 4.79 Å². The van der Waals surface area contributed by atoms with Crippen molar-refractivity contribution in [3.63, 3.8) is 0 Å². The fourth-order valence-corrected chi connectivity index (χ4v) is 1.03. The predicted octanol–water partition coefficient (Wildman–Crippen LogP) is 2.84. The first-order chi connectivity index (χ1) is 7.06. The number of hydrogen-bond donors (Lipinski definition) is 1. The summed E-state index contributed by atoms with van der Waals surface area (Å²) >= 11 is 0. The van der Waals surface area contributed by atoms with Crippen LogP contribution < -0.4 is 5.32 Å². The van der Waals surface area contributed by atoms with Crippen LogP contribution in [0.3, 0.4) is 0 Å². The van der Waals surface area contributed by atoms with E-state index in [2.05, 4.69) is 32.3 Å². The summed E-state index contributed by atoms with van der Waals surface area (Å²) in [5, 5.41) is 2.86. The van der Waals surface area contributed by atoms with Crippen molar-refractivity contribution in [2.24, 2.45) is 5.92 Å². The van der Waals surface area contributed by atoms with Crippen LogP contribution in [0.15, 0.2) is 37.0 Å². The highest BCUT2D eigenvalue weighted by atomic mass is 16.1. The first-order valence-corrected chi connectivity index (χ1v) is 5.29. The van der Waals surface area contributed by atoms with Gasteiger partial charge in [-0.05, 0) is 17.9 Å². The molecule has 0 bridgehead atoms. The normalized spacial score (nSPS) is 10.6. The molecule has 84 valence electrons. The van der Waals surface area contributed by atoms with Gasteiger partial charge in [-0.3, -0.25) is 4.79 Å². The molecule has 0 aliphatic rings. The summed E-state index contributed by atoms with van der Waals surface area (Å²) in [6, 6.07) is 0. The number of carbonyl (C=O) groups excluding carboxylic acids is 1. The third-order valence-corrected chi connectivity index (χ3v) is 1.90. The van der Waals surface area contributed by atoms with Gasteiger partial charge in [-0.1, -0.05) is 45.2 Å². The molecule has 0 atom stereocenters. The lowest BCUT2D eigenvalue weighted by molar-refractivity contribution is -0.120. The average molecular weight is 207 g/mol. The predicted molar refractivity (Wildman–Crippen MR) is 65.6 cm³/mol. The molecule has 0 heterocycles. The van der Waals surface area contributed by atoms with Gasteiger partial charge < -0.3 is 5.32 Å². The van der Waals surface area contributed by atoms with Crippen LogP contribution in [-0.2, 0) is 4.79 Å². The van der Waals surface area contributed by atoms with Gasteiger partial charge in [0.25, 0.3) is 0 Å². The minimum atomic E-state index is 0.0364. The van der Waals surface area contributed by atoms with E-state index in [1.807, 2.05) is 0 Å². The summed E-state index contributed by atoms with van der Waals surface area (Å²) in [5.74, 6) is 0.656. The van der Waals surface area contributed by atoms with Crippen LogP contribution in [0.2, 0.25) is 0 Å². The molecule has 2 nitrogen and oxygen atoms in total. The van der Waals surface area contributed by atoms with Crippen LogP contribution in [0.5, 0.6) is 0 Å². The SMILES string of the molecule is C=C/C=C\C(=C)CC(=O)NCCC(C)C. The second kappa shape index (κ2) is 8.04. The number of amides is 1. The van der Waals surface area contributed by atoms with Crippen molar-refractivity contribution in [3.05, 3.63) is 37.0 Å². The lowest BCUT2D eigenvalue weighted by Crippen LogP contribution is -2.25. The summed E-state index contributed by atoms with van der Waals surface area (Å²) in [5.41, 5.74) is 0.803. The van der Waals surface area contributed by atoms with Crippen LogP contribution in [0.1, 0.15) is 26.7 Å². The number of nitrogens with one attached hydrogen (secondary N) is 1. The Hall–Kier alpha value is -1.31. The van der Waals surface area contributed by atoms with E-state index in [0.717, 1.165) is 18.5 Å². The quantitative estimate of drug-likeness (QED) is 0.639. The maximum atomic E-state index is 11.4. The molecule has 0 radical (unpaired) electrons. The zero-order chi connectivity index (χ0) is 11.7. The Labute approximate surface area is 92.8 Å². The second-order valence-corrected chi connectivity index (χ2v) is 3.96. The Morgan fingerprint density at radius 2 is 2.13 bits per heavy atom. The van der Waals surface area contributed by atoms with Crippen molar-refractivity contribution in [1.82, 2.24) is 5.32 Å². The number of rotatable bonds is 7. The van der Waals surface area contributed by atoms with Gasteiger partial charge in [0.1, 0.15) is 0 Å². The van der Waals surface area contributed by atoms with Crippen LogP contribution in [0, 0.1) is 5.92 Å². The molecular weight excluding hydrogens is 186 g/mol. The topological polar surface area (TPSA) is 29.1 Å². The molecule has 15 heavy (non-hydrogen) atoms. The fraction of sp³-hybridized carbons (Fsp3) is 0.462. The van der Waals surface area contributed by atoms with E-state index in [1.165, 1.54) is 0 Å². The average Bonchev–Trinajstić information content (AvgIpc) is 2.14. The van der Waals surface area contributed by atoms with E-state index in [4.69, 9.17) is 0 Å². The van der Waals surface area contributed by atoms with Crippen LogP contribution in [-0.4, -0.2) is 12.5 Å². The molecule has 1 N–H and O–H groups in total. The van der Waals surface area contributed by atoms with Crippen molar-refractivity contribution in [1.29, 1.82) is 0 Å². The van der Waals surface area contributed by atoms with Gasteiger partial charge in [-0.15, -0.1) is 0 Å². The molecule has 0 aromatic carbocycles. The van der Waals surface area contributed by atoms with Crippen molar-refractivity contribution < 1.29 is 4.79 Å². The molecular formula is C13H21NO. The summed E-state index contributed by atoms with van der Waals surface area (Å²) in [4.78, 5) is 11.4. The Bertz CT molecular complexity index is 251. The molecule has 0 aromatic rings. The van der Waals surface area contributed by atoms with Crippen LogP contribution in [0.4, 0.5) is 0 Å². The minimum absolute atomic E-state index is 0.0364. The van der Waals surface area contributed by atoms with E-state index < -0.39 is 0 Å². The number of carbonyl (C=O) groups is 1. The molecule has 0 fully saturated rings. The smallest absolute Gasteiger partial charge is 0.224 e. The van der Waals surface area contributed by atoms with Crippen molar-refractivity contribution in [2.45, 2.75) is 26.7 Å². The molecule has 1 amide bonds. The maximum Gasteiger partial charge on any atom is 0.224 e. The molecule has 0 spiro atoms. The molecule has 0 aromatic heterocycles. The molecule has 0 saturated heterocycles. The van der Waals surface area contributed by atoms with Gasteiger partial charge in [0.05, 0.1) is 6.42 Å². The molecule has 2 heteroatoms. The molecule has 0 unspecified atom stereocenters. The van der Waals surface area contributed by atoms with Gasteiger partial charge in [0, 0.05) is 6.54 Å². The summed E-state index contributed by atoms with van der Waals surface area (Å²) in [6.45, 7) is 12.4. The summed E-state index contributed by atoms with van der Waals surface area (Å²) < 4.78 is 0. The van der Waals surface area contributed by atoms with E-state index in [0.29, 0.717) is 12.3 Å². The molecule has 0 aliphatic carbocycles. The Kier molecular flexibility index (Phi) is 7.33. The highest BCUT2D eigenvalue weighted by Gasteiger charge is 2.01. The fourth-order valence-electron chi connectivity index (χ4n) is 1.03.